The van der Waals surface area contributed by atoms with Gasteiger partial charge in [0, 0.05) is 0 Å². The van der Waals surface area contributed by atoms with Gasteiger partial charge in [0.2, 0.25) is 5.91 Å². The van der Waals surface area contributed by atoms with Gasteiger partial charge in [0.25, 0.3) is 10.0 Å². The third-order valence-electron chi connectivity index (χ3n) is 6.12. The van der Waals surface area contributed by atoms with Crippen LogP contribution in [-0.4, -0.2) is 20.9 Å². The highest BCUT2D eigenvalue weighted by atomic mass is 35.5. The van der Waals surface area contributed by atoms with Gasteiger partial charge in [0.15, 0.2) is 0 Å². The molecule has 3 aromatic rings. The van der Waals surface area contributed by atoms with Crippen LogP contribution in [0.5, 0.6) is 0 Å². The maximum absolute atomic E-state index is 13.6. The lowest BCUT2D eigenvalue weighted by molar-refractivity contribution is -0.137. The molecule has 1 amide bonds. The molecular formula is C27H28ClF3N2O3S. The van der Waals surface area contributed by atoms with Crippen LogP contribution < -0.4 is 9.62 Å². The van der Waals surface area contributed by atoms with E-state index < -0.39 is 45.3 Å². The molecule has 0 spiro atoms. The Hall–Kier alpha value is -3.04. The van der Waals surface area contributed by atoms with Crippen molar-refractivity contribution >= 4 is 33.2 Å². The first-order valence-corrected chi connectivity index (χ1v) is 13.4. The Labute approximate surface area is 220 Å². The van der Waals surface area contributed by atoms with Crippen LogP contribution in [0.3, 0.4) is 0 Å². The summed E-state index contributed by atoms with van der Waals surface area (Å²) in [6.07, 6.45) is -4.29. The number of halogens is 4. The summed E-state index contributed by atoms with van der Waals surface area (Å²) in [5, 5.41) is 2.25. The molecule has 3 rings (SSSR count). The SMILES string of the molecule is CCC(NC(=O)CN(c1ccc(Cl)c(C(F)(F)F)c1)S(=O)(=O)c1ccc(C)cc1)c1ccc(C)c(C)c1. The van der Waals surface area contributed by atoms with Crippen LogP contribution in [0.1, 0.15) is 47.2 Å². The normalized spacial score (nSPS) is 12.8. The predicted octanol–water partition coefficient (Wildman–Crippen LogP) is 6.75. The summed E-state index contributed by atoms with van der Waals surface area (Å²) in [7, 11) is -4.40. The molecule has 0 aliphatic carbocycles. The Balaban J connectivity index is 2.01. The van der Waals surface area contributed by atoms with Crippen LogP contribution >= 0.6 is 11.6 Å². The van der Waals surface area contributed by atoms with Crippen molar-refractivity contribution in [2.75, 3.05) is 10.8 Å². The van der Waals surface area contributed by atoms with Crippen LogP contribution in [0, 0.1) is 20.8 Å². The zero-order valence-electron chi connectivity index (χ0n) is 20.9. The lowest BCUT2D eigenvalue weighted by atomic mass is 9.99. The van der Waals surface area contributed by atoms with E-state index in [4.69, 9.17) is 11.6 Å². The topological polar surface area (TPSA) is 66.5 Å². The van der Waals surface area contributed by atoms with Crippen molar-refractivity contribution in [1.82, 2.24) is 5.32 Å². The maximum Gasteiger partial charge on any atom is 0.417 e. The summed E-state index contributed by atoms with van der Waals surface area (Å²) in [5.41, 5.74) is 2.24. The largest absolute Gasteiger partial charge is 0.417 e. The molecule has 0 aromatic heterocycles. The average molecular weight is 553 g/mol. The summed E-state index contributed by atoms with van der Waals surface area (Å²) >= 11 is 5.75. The van der Waals surface area contributed by atoms with E-state index in [9.17, 15) is 26.4 Å². The number of hydrogen-bond donors (Lipinski definition) is 1. The number of carbonyl (C=O) groups excluding carboxylic acids is 1. The van der Waals surface area contributed by atoms with Gasteiger partial charge in [-0.15, -0.1) is 0 Å². The van der Waals surface area contributed by atoms with E-state index in [1.54, 1.807) is 19.1 Å². The highest BCUT2D eigenvalue weighted by Crippen LogP contribution is 2.38. The molecular weight excluding hydrogens is 525 g/mol. The number of nitrogens with one attached hydrogen (secondary N) is 1. The Morgan fingerprint density at radius 1 is 0.973 bits per heavy atom. The molecule has 0 aliphatic rings. The fourth-order valence-corrected chi connectivity index (χ4v) is 5.45. The van der Waals surface area contributed by atoms with Crippen molar-refractivity contribution in [2.24, 2.45) is 0 Å². The number of carbonyl (C=O) groups is 1. The van der Waals surface area contributed by atoms with Crippen molar-refractivity contribution in [3.8, 4) is 0 Å². The minimum Gasteiger partial charge on any atom is -0.348 e. The highest BCUT2D eigenvalue weighted by Gasteiger charge is 2.35. The smallest absolute Gasteiger partial charge is 0.348 e. The average Bonchev–Trinajstić information content (AvgIpc) is 2.83. The Morgan fingerprint density at radius 2 is 1.62 bits per heavy atom. The molecule has 37 heavy (non-hydrogen) atoms. The second-order valence-corrected chi connectivity index (χ2v) is 11.1. The van der Waals surface area contributed by atoms with Gasteiger partial charge in [-0.25, -0.2) is 8.42 Å². The number of nitrogens with zero attached hydrogens (tertiary/aromatic N) is 1. The molecule has 0 aliphatic heterocycles. The van der Waals surface area contributed by atoms with Gasteiger partial charge in [-0.3, -0.25) is 9.10 Å². The molecule has 1 atom stereocenters. The number of anilines is 1. The zero-order valence-corrected chi connectivity index (χ0v) is 22.4. The zero-order chi connectivity index (χ0) is 27.5. The van der Waals surface area contributed by atoms with Crippen molar-refractivity contribution in [2.45, 2.75) is 51.2 Å². The Kier molecular flexibility index (Phi) is 8.59. The van der Waals surface area contributed by atoms with E-state index in [0.717, 1.165) is 34.4 Å². The van der Waals surface area contributed by atoms with Crippen LogP contribution in [0.25, 0.3) is 0 Å². The van der Waals surface area contributed by atoms with E-state index in [-0.39, 0.29) is 10.6 Å². The monoisotopic (exact) mass is 552 g/mol. The number of alkyl halides is 3. The predicted molar refractivity (Wildman–Crippen MR) is 139 cm³/mol. The van der Waals surface area contributed by atoms with Crippen LogP contribution in [0.2, 0.25) is 5.02 Å². The quantitative estimate of drug-likeness (QED) is 0.336. The summed E-state index contributed by atoms with van der Waals surface area (Å²) < 4.78 is 68.5. The van der Waals surface area contributed by atoms with Crippen molar-refractivity contribution < 1.29 is 26.4 Å². The molecule has 0 saturated heterocycles. The van der Waals surface area contributed by atoms with Gasteiger partial charge in [0.05, 0.1) is 27.2 Å². The van der Waals surface area contributed by atoms with Gasteiger partial charge in [-0.2, -0.15) is 13.2 Å². The number of benzene rings is 3. The van der Waals surface area contributed by atoms with E-state index in [2.05, 4.69) is 5.32 Å². The third-order valence-corrected chi connectivity index (χ3v) is 8.23. The first kappa shape index (κ1) is 28.5. The summed E-state index contributed by atoms with van der Waals surface area (Å²) in [6, 6.07) is 13.9. The van der Waals surface area contributed by atoms with Gasteiger partial charge >= 0.3 is 6.18 Å². The number of sulfonamides is 1. The number of hydrogen-bond acceptors (Lipinski definition) is 3. The molecule has 1 N–H and O–H groups in total. The van der Waals surface area contributed by atoms with Crippen molar-refractivity contribution in [3.05, 3.63) is 93.5 Å². The fraction of sp³-hybridized carbons (Fsp3) is 0.296. The second-order valence-electron chi connectivity index (χ2n) is 8.86. The molecule has 5 nitrogen and oxygen atoms in total. The first-order valence-electron chi connectivity index (χ1n) is 11.6. The van der Waals surface area contributed by atoms with Crippen molar-refractivity contribution in [3.63, 3.8) is 0 Å². The molecule has 0 bridgehead atoms. The standard InChI is InChI=1S/C27H28ClF3N2O3S/c1-5-25(20-9-8-18(3)19(4)14-20)32-26(34)16-33(37(35,36)22-11-6-17(2)7-12-22)21-10-13-24(28)23(15-21)27(29,30)31/h6-15,25H,5,16H2,1-4H3,(H,32,34). The van der Waals surface area contributed by atoms with Gasteiger partial charge in [-0.1, -0.05) is 54.4 Å². The van der Waals surface area contributed by atoms with E-state index in [1.165, 1.54) is 12.1 Å². The van der Waals surface area contributed by atoms with Gasteiger partial charge < -0.3 is 5.32 Å². The molecule has 1 unspecified atom stereocenters. The van der Waals surface area contributed by atoms with Crippen LogP contribution in [-0.2, 0) is 21.0 Å². The lowest BCUT2D eigenvalue weighted by Crippen LogP contribution is -2.42. The summed E-state index contributed by atoms with van der Waals surface area (Å²) in [6.45, 7) is 6.83. The van der Waals surface area contributed by atoms with Gasteiger partial charge in [0.1, 0.15) is 6.54 Å². The molecule has 0 saturated carbocycles. The molecule has 10 heteroatoms. The van der Waals surface area contributed by atoms with Crippen molar-refractivity contribution in [1.29, 1.82) is 0 Å². The van der Waals surface area contributed by atoms with Crippen LogP contribution in [0.15, 0.2) is 65.6 Å². The maximum atomic E-state index is 13.6. The van der Waals surface area contributed by atoms with E-state index in [0.29, 0.717) is 16.8 Å². The first-order chi connectivity index (χ1) is 17.2. The molecule has 0 radical (unpaired) electrons. The second kappa shape index (κ2) is 11.1. The number of aryl methyl sites for hydroxylation is 3. The Bertz CT molecular complexity index is 1390. The molecule has 198 valence electrons. The molecule has 3 aromatic carbocycles. The summed E-state index contributed by atoms with van der Waals surface area (Å²) in [5.74, 6) is -0.663. The highest BCUT2D eigenvalue weighted by molar-refractivity contribution is 7.92. The fourth-order valence-electron chi connectivity index (χ4n) is 3.81. The summed E-state index contributed by atoms with van der Waals surface area (Å²) in [4.78, 5) is 13.0. The minimum absolute atomic E-state index is 0.157. The van der Waals surface area contributed by atoms with Gasteiger partial charge in [-0.05, 0) is 74.2 Å². The number of rotatable bonds is 8. The molecule has 0 heterocycles. The minimum atomic E-state index is -4.81. The van der Waals surface area contributed by atoms with E-state index >= 15 is 0 Å². The lowest BCUT2D eigenvalue weighted by Gasteiger charge is -2.26. The number of amides is 1. The van der Waals surface area contributed by atoms with E-state index in [1.807, 2.05) is 39.0 Å². The molecule has 0 fully saturated rings. The Morgan fingerprint density at radius 3 is 2.19 bits per heavy atom. The third kappa shape index (κ3) is 6.64. The van der Waals surface area contributed by atoms with Crippen LogP contribution in [0.4, 0.5) is 18.9 Å².